The number of ether oxygens (including phenoxy) is 1. The number of alkyl halides is 3. The van der Waals surface area contributed by atoms with Crippen molar-refractivity contribution in [3.05, 3.63) is 47.5 Å². The Balaban J connectivity index is 2.50. The average Bonchev–Trinajstić information content (AvgIpc) is 2.37. The Labute approximate surface area is 115 Å². The van der Waals surface area contributed by atoms with Gasteiger partial charge in [-0.25, -0.2) is 0 Å². The molecule has 0 unspecified atom stereocenters. The van der Waals surface area contributed by atoms with Gasteiger partial charge >= 0.3 is 6.18 Å². The first-order valence-electron chi connectivity index (χ1n) is 5.98. The maximum absolute atomic E-state index is 12.5. The van der Waals surface area contributed by atoms with E-state index in [-0.39, 0.29) is 18.7 Å². The van der Waals surface area contributed by atoms with Crippen LogP contribution in [0.2, 0.25) is 0 Å². The summed E-state index contributed by atoms with van der Waals surface area (Å²) in [5, 5.41) is 2.49. The highest BCUT2D eigenvalue weighted by molar-refractivity contribution is 5.94. The van der Waals surface area contributed by atoms with Crippen LogP contribution in [-0.2, 0) is 10.9 Å². The molecule has 20 heavy (non-hydrogen) atoms. The van der Waals surface area contributed by atoms with Gasteiger partial charge in [0.2, 0.25) is 0 Å². The Hall–Kier alpha value is -1.82. The van der Waals surface area contributed by atoms with E-state index < -0.39 is 17.6 Å². The molecule has 0 aliphatic rings. The molecule has 0 saturated carbocycles. The summed E-state index contributed by atoms with van der Waals surface area (Å²) in [4.78, 5) is 11.7. The number of carbonyl (C=O) groups is 1. The van der Waals surface area contributed by atoms with Gasteiger partial charge in [0.1, 0.15) is 0 Å². The van der Waals surface area contributed by atoms with Crippen LogP contribution in [0.4, 0.5) is 13.2 Å². The summed E-state index contributed by atoms with van der Waals surface area (Å²) >= 11 is 0. The number of amides is 1. The Morgan fingerprint density at radius 2 is 2.10 bits per heavy atom. The van der Waals surface area contributed by atoms with Gasteiger partial charge in [0.25, 0.3) is 5.91 Å². The zero-order valence-electron chi connectivity index (χ0n) is 11.1. The minimum Gasteiger partial charge on any atom is -0.375 e. The first-order chi connectivity index (χ1) is 9.30. The Morgan fingerprint density at radius 3 is 2.70 bits per heavy atom. The second kappa shape index (κ2) is 7.09. The van der Waals surface area contributed by atoms with Crippen molar-refractivity contribution in [1.29, 1.82) is 0 Å². The lowest BCUT2D eigenvalue weighted by Crippen LogP contribution is -2.27. The van der Waals surface area contributed by atoms with Crippen LogP contribution < -0.4 is 5.32 Å². The molecule has 0 fully saturated rings. The minimum atomic E-state index is -4.46. The number of halogens is 3. The second-order valence-corrected chi connectivity index (χ2v) is 4.34. The van der Waals surface area contributed by atoms with Crippen molar-refractivity contribution < 1.29 is 22.7 Å². The fourth-order valence-electron chi connectivity index (χ4n) is 1.42. The van der Waals surface area contributed by atoms with E-state index in [1.165, 1.54) is 12.1 Å². The largest absolute Gasteiger partial charge is 0.416 e. The lowest BCUT2D eigenvalue weighted by Gasteiger charge is -2.09. The van der Waals surface area contributed by atoms with Crippen molar-refractivity contribution in [2.75, 3.05) is 19.8 Å². The fourth-order valence-corrected chi connectivity index (χ4v) is 1.42. The quantitative estimate of drug-likeness (QED) is 0.645. The average molecular weight is 287 g/mol. The lowest BCUT2D eigenvalue weighted by atomic mass is 10.1. The van der Waals surface area contributed by atoms with Crippen molar-refractivity contribution in [3.63, 3.8) is 0 Å². The van der Waals surface area contributed by atoms with E-state index in [1.807, 2.05) is 0 Å². The molecule has 6 heteroatoms. The van der Waals surface area contributed by atoms with E-state index in [0.29, 0.717) is 6.61 Å². The van der Waals surface area contributed by atoms with E-state index in [4.69, 9.17) is 4.74 Å². The van der Waals surface area contributed by atoms with Gasteiger partial charge in [-0.2, -0.15) is 13.2 Å². The van der Waals surface area contributed by atoms with Crippen molar-refractivity contribution in [2.24, 2.45) is 0 Å². The predicted molar refractivity (Wildman–Crippen MR) is 69.4 cm³/mol. The summed E-state index contributed by atoms with van der Waals surface area (Å²) < 4.78 is 42.7. The normalized spacial score (nSPS) is 11.2. The number of hydrogen-bond acceptors (Lipinski definition) is 2. The van der Waals surface area contributed by atoms with E-state index in [1.54, 1.807) is 6.92 Å². The van der Waals surface area contributed by atoms with Gasteiger partial charge in [-0.05, 0) is 25.1 Å². The maximum Gasteiger partial charge on any atom is 0.416 e. The summed E-state index contributed by atoms with van der Waals surface area (Å²) in [6.45, 7) is 6.34. The first kappa shape index (κ1) is 16.2. The molecule has 0 radical (unpaired) electrons. The molecule has 1 N–H and O–H groups in total. The van der Waals surface area contributed by atoms with Crippen molar-refractivity contribution >= 4 is 5.91 Å². The Morgan fingerprint density at radius 1 is 1.40 bits per heavy atom. The van der Waals surface area contributed by atoms with E-state index >= 15 is 0 Å². The molecular formula is C14H16F3NO2. The number of rotatable bonds is 6. The highest BCUT2D eigenvalue weighted by atomic mass is 19.4. The van der Waals surface area contributed by atoms with Crippen molar-refractivity contribution in [2.45, 2.75) is 13.1 Å². The second-order valence-electron chi connectivity index (χ2n) is 4.34. The highest BCUT2D eigenvalue weighted by Crippen LogP contribution is 2.29. The minimum absolute atomic E-state index is 0.0280. The fraction of sp³-hybridized carbons (Fsp3) is 0.357. The molecule has 1 aromatic carbocycles. The molecule has 0 saturated heterocycles. The molecule has 1 aromatic rings. The van der Waals surface area contributed by atoms with E-state index in [9.17, 15) is 18.0 Å². The van der Waals surface area contributed by atoms with Gasteiger partial charge in [-0.3, -0.25) is 4.79 Å². The zero-order valence-corrected chi connectivity index (χ0v) is 11.1. The molecule has 0 aliphatic heterocycles. The van der Waals surface area contributed by atoms with Crippen LogP contribution in [0.1, 0.15) is 22.8 Å². The van der Waals surface area contributed by atoms with Crippen LogP contribution >= 0.6 is 0 Å². The van der Waals surface area contributed by atoms with Crippen LogP contribution in [-0.4, -0.2) is 25.7 Å². The molecule has 3 nitrogen and oxygen atoms in total. The molecule has 0 bridgehead atoms. The summed E-state index contributed by atoms with van der Waals surface area (Å²) in [6, 6.07) is 4.28. The Bertz CT molecular complexity index is 484. The Kier molecular flexibility index (Phi) is 5.76. The predicted octanol–water partition coefficient (Wildman–Crippen LogP) is 3.03. The maximum atomic E-state index is 12.5. The highest BCUT2D eigenvalue weighted by Gasteiger charge is 2.30. The van der Waals surface area contributed by atoms with Crippen LogP contribution in [0.25, 0.3) is 0 Å². The SMILES string of the molecule is C=C(C)COCCNC(=O)c1cccc(C(F)(F)F)c1. The molecule has 0 atom stereocenters. The van der Waals surface area contributed by atoms with Gasteiger partial charge in [0.15, 0.2) is 0 Å². The van der Waals surface area contributed by atoms with Crippen LogP contribution in [0.15, 0.2) is 36.4 Å². The number of benzene rings is 1. The van der Waals surface area contributed by atoms with Crippen LogP contribution in [0, 0.1) is 0 Å². The number of nitrogens with one attached hydrogen (secondary N) is 1. The third-order valence-electron chi connectivity index (χ3n) is 2.33. The van der Waals surface area contributed by atoms with Gasteiger partial charge < -0.3 is 10.1 Å². The molecule has 0 spiro atoms. The van der Waals surface area contributed by atoms with Crippen LogP contribution in [0.5, 0.6) is 0 Å². The molecule has 1 rings (SSSR count). The first-order valence-corrected chi connectivity index (χ1v) is 5.98. The lowest BCUT2D eigenvalue weighted by molar-refractivity contribution is -0.137. The topological polar surface area (TPSA) is 38.3 Å². The number of carbonyl (C=O) groups excluding carboxylic acids is 1. The van der Waals surface area contributed by atoms with Gasteiger partial charge in [-0.1, -0.05) is 18.2 Å². The summed E-state index contributed by atoms with van der Waals surface area (Å²) in [7, 11) is 0. The standard InChI is InChI=1S/C14H16F3NO2/c1-10(2)9-20-7-6-18-13(19)11-4-3-5-12(8-11)14(15,16)17/h3-5,8H,1,6-7,9H2,2H3,(H,18,19). The molecule has 0 aromatic heterocycles. The molecule has 0 heterocycles. The van der Waals surface area contributed by atoms with Crippen LogP contribution in [0.3, 0.4) is 0 Å². The third-order valence-corrected chi connectivity index (χ3v) is 2.33. The monoisotopic (exact) mass is 287 g/mol. The van der Waals surface area contributed by atoms with Gasteiger partial charge in [0, 0.05) is 12.1 Å². The molecule has 0 aliphatic carbocycles. The van der Waals surface area contributed by atoms with E-state index in [2.05, 4.69) is 11.9 Å². The van der Waals surface area contributed by atoms with Gasteiger partial charge in [-0.15, -0.1) is 0 Å². The summed E-state index contributed by atoms with van der Waals surface area (Å²) in [5.41, 5.74) is -0.0161. The molecule has 1 amide bonds. The van der Waals surface area contributed by atoms with Gasteiger partial charge in [0.05, 0.1) is 18.8 Å². The van der Waals surface area contributed by atoms with Crippen molar-refractivity contribution in [3.8, 4) is 0 Å². The van der Waals surface area contributed by atoms with E-state index in [0.717, 1.165) is 17.7 Å². The molecule has 110 valence electrons. The summed E-state index contributed by atoms with van der Waals surface area (Å²) in [5.74, 6) is -0.560. The molecular weight excluding hydrogens is 271 g/mol. The number of hydrogen-bond donors (Lipinski definition) is 1. The van der Waals surface area contributed by atoms with Crippen molar-refractivity contribution in [1.82, 2.24) is 5.32 Å². The zero-order chi connectivity index (χ0) is 15.2. The third kappa shape index (κ3) is 5.44. The smallest absolute Gasteiger partial charge is 0.375 e. The summed E-state index contributed by atoms with van der Waals surface area (Å²) in [6.07, 6.45) is -4.46.